The number of aromatic nitrogens is 3. The topological polar surface area (TPSA) is 53.4 Å². The first kappa shape index (κ1) is 16.9. The summed E-state index contributed by atoms with van der Waals surface area (Å²) in [5.74, 6) is -0.600. The van der Waals surface area contributed by atoms with E-state index in [1.54, 1.807) is 22.7 Å². The highest BCUT2D eigenvalue weighted by atomic mass is 19.1. The van der Waals surface area contributed by atoms with E-state index in [1.807, 2.05) is 0 Å². The summed E-state index contributed by atoms with van der Waals surface area (Å²) in [4.78, 5) is 17.4. The number of piperidine rings is 1. The van der Waals surface area contributed by atoms with Crippen LogP contribution in [-0.2, 0) is 0 Å². The molecule has 0 radical (unpaired) electrons. The average Bonchev–Trinajstić information content (AvgIpc) is 3.07. The fourth-order valence-electron chi connectivity index (χ4n) is 4.06. The minimum atomic E-state index is -0.651. The van der Waals surface area contributed by atoms with Crippen molar-refractivity contribution in [2.45, 2.75) is 19.3 Å². The third-order valence-electron chi connectivity index (χ3n) is 5.33. The molecule has 0 spiro atoms. The van der Waals surface area contributed by atoms with Gasteiger partial charge in [-0.15, -0.1) is 0 Å². The number of fused-ring (bicyclic) bond motifs is 3. The van der Waals surface area contributed by atoms with E-state index in [0.717, 1.165) is 25.9 Å². The third-order valence-corrected chi connectivity index (χ3v) is 5.33. The summed E-state index contributed by atoms with van der Waals surface area (Å²) >= 11 is 0. The molecule has 0 bridgehead atoms. The predicted molar refractivity (Wildman–Crippen MR) is 105 cm³/mol. The Kier molecular flexibility index (Phi) is 3.89. The standard InChI is InChI=1S/C21H18F2N4O/c22-14-7-5-8-15(23)19(14)13-6-4-9-16-20(13)21-24-17(28)12-18(27(21)25-16)26-10-2-1-3-11-26/h4-9,12H,1-3,10-11H2,(H,24,28). The Morgan fingerprint density at radius 1 is 0.964 bits per heavy atom. The van der Waals surface area contributed by atoms with E-state index in [2.05, 4.69) is 15.0 Å². The van der Waals surface area contributed by atoms with Crippen LogP contribution in [-0.4, -0.2) is 27.7 Å². The first-order chi connectivity index (χ1) is 13.6. The minimum absolute atomic E-state index is 0.118. The van der Waals surface area contributed by atoms with Gasteiger partial charge in [-0.25, -0.2) is 8.78 Å². The van der Waals surface area contributed by atoms with E-state index < -0.39 is 11.6 Å². The van der Waals surface area contributed by atoms with Gasteiger partial charge in [-0.1, -0.05) is 18.2 Å². The molecule has 0 aliphatic carbocycles. The van der Waals surface area contributed by atoms with Gasteiger partial charge in [0.15, 0.2) is 0 Å². The highest BCUT2D eigenvalue weighted by Gasteiger charge is 2.21. The van der Waals surface area contributed by atoms with Gasteiger partial charge in [0.25, 0.3) is 5.56 Å². The molecule has 0 atom stereocenters. The molecule has 28 heavy (non-hydrogen) atoms. The van der Waals surface area contributed by atoms with Crippen molar-refractivity contribution in [2.24, 2.45) is 0 Å². The van der Waals surface area contributed by atoms with Gasteiger partial charge in [0.2, 0.25) is 0 Å². The number of hydrogen-bond donors (Lipinski definition) is 1. The van der Waals surface area contributed by atoms with Gasteiger partial charge in [0.05, 0.1) is 16.5 Å². The van der Waals surface area contributed by atoms with Crippen LogP contribution in [0.1, 0.15) is 19.3 Å². The number of nitrogens with one attached hydrogen (secondary N) is 1. The third kappa shape index (κ3) is 2.58. The van der Waals surface area contributed by atoms with Gasteiger partial charge >= 0.3 is 0 Å². The van der Waals surface area contributed by atoms with Crippen molar-refractivity contribution in [3.8, 4) is 11.1 Å². The molecule has 0 saturated carbocycles. The zero-order valence-corrected chi connectivity index (χ0v) is 15.1. The molecule has 1 fully saturated rings. The molecule has 5 rings (SSSR count). The molecular weight excluding hydrogens is 362 g/mol. The number of hydrogen-bond acceptors (Lipinski definition) is 3. The van der Waals surface area contributed by atoms with Crippen LogP contribution in [0, 0.1) is 11.6 Å². The Bertz CT molecular complexity index is 1230. The van der Waals surface area contributed by atoms with Crippen molar-refractivity contribution in [1.29, 1.82) is 0 Å². The van der Waals surface area contributed by atoms with Gasteiger partial charge in [-0.05, 0) is 37.5 Å². The summed E-state index contributed by atoms with van der Waals surface area (Å²) in [6.45, 7) is 1.70. The summed E-state index contributed by atoms with van der Waals surface area (Å²) in [5.41, 5.74) is 1.00. The zero-order valence-electron chi connectivity index (χ0n) is 15.1. The number of benzene rings is 2. The van der Waals surface area contributed by atoms with Gasteiger partial charge in [-0.2, -0.15) is 9.61 Å². The maximum absolute atomic E-state index is 14.5. The molecule has 3 heterocycles. The molecule has 0 amide bonds. The smallest absolute Gasteiger partial charge is 0.253 e. The number of aromatic amines is 1. The lowest BCUT2D eigenvalue weighted by Gasteiger charge is -2.28. The van der Waals surface area contributed by atoms with E-state index in [-0.39, 0.29) is 11.1 Å². The lowest BCUT2D eigenvalue weighted by Crippen LogP contribution is -2.32. The van der Waals surface area contributed by atoms with Crippen molar-refractivity contribution < 1.29 is 8.78 Å². The SMILES string of the molecule is O=c1cc(N2CCCCC2)n2nc3cccc(-c4c(F)cccc4F)c3c2[nH]1. The Morgan fingerprint density at radius 3 is 2.43 bits per heavy atom. The van der Waals surface area contributed by atoms with Crippen molar-refractivity contribution >= 4 is 22.4 Å². The Hall–Kier alpha value is -3.22. The molecule has 1 aliphatic rings. The van der Waals surface area contributed by atoms with E-state index in [1.165, 1.54) is 30.7 Å². The van der Waals surface area contributed by atoms with Crippen LogP contribution in [0.15, 0.2) is 47.3 Å². The van der Waals surface area contributed by atoms with Crippen LogP contribution in [0.25, 0.3) is 27.7 Å². The van der Waals surface area contributed by atoms with Crippen LogP contribution >= 0.6 is 0 Å². The Balaban J connectivity index is 1.85. The van der Waals surface area contributed by atoms with E-state index in [4.69, 9.17) is 0 Å². The van der Waals surface area contributed by atoms with Crippen molar-refractivity contribution in [2.75, 3.05) is 18.0 Å². The maximum Gasteiger partial charge on any atom is 0.253 e. The summed E-state index contributed by atoms with van der Waals surface area (Å²) in [5, 5.41) is 5.17. The van der Waals surface area contributed by atoms with Crippen LogP contribution in [0.3, 0.4) is 0 Å². The van der Waals surface area contributed by atoms with Crippen molar-refractivity contribution in [3.05, 3.63) is 64.5 Å². The number of halogens is 2. The Morgan fingerprint density at radius 2 is 1.68 bits per heavy atom. The van der Waals surface area contributed by atoms with Crippen molar-refractivity contribution in [3.63, 3.8) is 0 Å². The first-order valence-corrected chi connectivity index (χ1v) is 9.37. The number of anilines is 1. The molecule has 7 heteroatoms. The fourth-order valence-corrected chi connectivity index (χ4v) is 4.06. The zero-order chi connectivity index (χ0) is 19.3. The van der Waals surface area contributed by atoms with E-state index in [9.17, 15) is 13.6 Å². The molecule has 0 unspecified atom stereocenters. The first-order valence-electron chi connectivity index (χ1n) is 9.37. The molecule has 4 aromatic rings. The summed E-state index contributed by atoms with van der Waals surface area (Å²) in [6, 6.07) is 10.5. The number of H-pyrrole nitrogens is 1. The van der Waals surface area contributed by atoms with Gasteiger partial charge < -0.3 is 9.88 Å². The molecule has 2 aromatic heterocycles. The lowest BCUT2D eigenvalue weighted by molar-refractivity contribution is 0.568. The predicted octanol–water partition coefficient (Wildman–Crippen LogP) is 4.11. The maximum atomic E-state index is 14.5. The summed E-state index contributed by atoms with van der Waals surface area (Å²) < 4.78 is 30.6. The van der Waals surface area contributed by atoms with Crippen LogP contribution in [0.5, 0.6) is 0 Å². The van der Waals surface area contributed by atoms with Crippen LogP contribution < -0.4 is 10.5 Å². The minimum Gasteiger partial charge on any atom is -0.356 e. The number of rotatable bonds is 2. The normalized spacial score (nSPS) is 14.9. The largest absolute Gasteiger partial charge is 0.356 e. The average molecular weight is 380 g/mol. The van der Waals surface area contributed by atoms with Gasteiger partial charge in [0, 0.05) is 24.7 Å². The van der Waals surface area contributed by atoms with Crippen molar-refractivity contribution in [1.82, 2.24) is 14.6 Å². The van der Waals surface area contributed by atoms with Gasteiger partial charge in [-0.3, -0.25) is 4.79 Å². The fraction of sp³-hybridized carbons (Fsp3) is 0.238. The van der Waals surface area contributed by atoms with Crippen LogP contribution in [0.2, 0.25) is 0 Å². The lowest BCUT2D eigenvalue weighted by atomic mass is 10.0. The monoisotopic (exact) mass is 380 g/mol. The molecule has 2 aromatic carbocycles. The molecule has 1 aliphatic heterocycles. The van der Waals surface area contributed by atoms with E-state index in [0.29, 0.717) is 27.9 Å². The second-order valence-electron chi connectivity index (χ2n) is 7.10. The molecule has 1 saturated heterocycles. The molecular formula is C21H18F2N4O. The summed E-state index contributed by atoms with van der Waals surface area (Å²) in [6.07, 6.45) is 3.28. The van der Waals surface area contributed by atoms with Crippen LogP contribution in [0.4, 0.5) is 14.6 Å². The molecule has 1 N–H and O–H groups in total. The Labute approximate surface area is 159 Å². The van der Waals surface area contributed by atoms with E-state index >= 15 is 0 Å². The molecule has 142 valence electrons. The quantitative estimate of drug-likeness (QED) is 0.569. The highest BCUT2D eigenvalue weighted by molar-refractivity contribution is 6.04. The summed E-state index contributed by atoms with van der Waals surface area (Å²) in [7, 11) is 0. The second-order valence-corrected chi connectivity index (χ2v) is 7.10. The number of nitrogens with zero attached hydrogens (tertiary/aromatic N) is 3. The second kappa shape index (κ2) is 6.44. The highest BCUT2D eigenvalue weighted by Crippen LogP contribution is 2.35. The molecule has 5 nitrogen and oxygen atoms in total. The van der Waals surface area contributed by atoms with Gasteiger partial charge in [0.1, 0.15) is 23.1 Å².